The van der Waals surface area contributed by atoms with Gasteiger partial charge < -0.3 is 0 Å². The first-order valence-corrected chi connectivity index (χ1v) is 16.0. The molecule has 0 nitrogen and oxygen atoms in total. The molecule has 1 heteroatoms. The SMILES string of the molecule is C=C/C=C(\C=C/C)C1C=C(\C=C/C(=C\C)/C=C/C=C(\S)c2ccccc2)C=CC(C2=CC=CC=CC2)c2ccccc21.CC. The average molecular weight is 595 g/mol. The number of hydrogen-bond donors (Lipinski definition) is 1. The van der Waals surface area contributed by atoms with Crippen LogP contribution in [0.3, 0.4) is 0 Å². The average Bonchev–Trinajstić information content (AvgIpc) is 3.35. The van der Waals surface area contributed by atoms with Crippen LogP contribution in [0.5, 0.6) is 0 Å². The molecule has 0 N–H and O–H groups in total. The highest BCUT2D eigenvalue weighted by Crippen LogP contribution is 2.40. The molecular formula is C43H46S. The lowest BCUT2D eigenvalue weighted by atomic mass is 9.77. The van der Waals surface area contributed by atoms with Gasteiger partial charge in [-0.25, -0.2) is 0 Å². The van der Waals surface area contributed by atoms with Gasteiger partial charge in [0.25, 0.3) is 0 Å². The highest BCUT2D eigenvalue weighted by atomic mass is 32.1. The van der Waals surface area contributed by atoms with Gasteiger partial charge in [0.05, 0.1) is 0 Å². The number of benzene rings is 2. The van der Waals surface area contributed by atoms with E-state index in [0.29, 0.717) is 0 Å². The van der Waals surface area contributed by atoms with Crippen LogP contribution in [0.15, 0.2) is 193 Å². The van der Waals surface area contributed by atoms with Gasteiger partial charge in [-0.15, -0.1) is 12.6 Å². The van der Waals surface area contributed by atoms with Gasteiger partial charge in [0, 0.05) is 16.7 Å². The molecular weight excluding hydrogens is 549 g/mol. The molecule has 44 heavy (non-hydrogen) atoms. The molecule has 0 bridgehead atoms. The zero-order chi connectivity index (χ0) is 31.6. The molecule has 0 heterocycles. The van der Waals surface area contributed by atoms with Crippen LogP contribution in [0.2, 0.25) is 0 Å². The summed E-state index contributed by atoms with van der Waals surface area (Å²) in [5, 5.41) is 0. The Hall–Kier alpha value is -4.33. The van der Waals surface area contributed by atoms with Gasteiger partial charge in [-0.3, -0.25) is 0 Å². The molecule has 0 aromatic heterocycles. The van der Waals surface area contributed by atoms with Crippen LogP contribution in [-0.4, -0.2) is 0 Å². The second-order valence-corrected chi connectivity index (χ2v) is 10.7. The van der Waals surface area contributed by atoms with Crippen molar-refractivity contribution in [2.45, 2.75) is 46.0 Å². The first kappa shape index (κ1) is 34.2. The van der Waals surface area contributed by atoms with Gasteiger partial charge in [0.2, 0.25) is 0 Å². The highest BCUT2D eigenvalue weighted by Gasteiger charge is 2.23. The van der Waals surface area contributed by atoms with Crippen LogP contribution in [-0.2, 0) is 0 Å². The van der Waals surface area contributed by atoms with Gasteiger partial charge in [0.1, 0.15) is 0 Å². The molecule has 2 aromatic carbocycles. The predicted molar refractivity (Wildman–Crippen MR) is 200 cm³/mol. The summed E-state index contributed by atoms with van der Waals surface area (Å²) in [6.45, 7) is 12.2. The Morgan fingerprint density at radius 3 is 2.34 bits per heavy atom. The monoisotopic (exact) mass is 594 g/mol. The minimum Gasteiger partial charge on any atom is -0.143 e. The summed E-state index contributed by atoms with van der Waals surface area (Å²) in [5.74, 6) is 0.270. The van der Waals surface area contributed by atoms with Crippen molar-refractivity contribution in [2.75, 3.05) is 0 Å². The third-order valence-electron chi connectivity index (χ3n) is 7.37. The summed E-state index contributed by atoms with van der Waals surface area (Å²) >= 11 is 4.68. The summed E-state index contributed by atoms with van der Waals surface area (Å²) < 4.78 is 0. The zero-order valence-corrected chi connectivity index (χ0v) is 27.5. The summed E-state index contributed by atoms with van der Waals surface area (Å²) in [4.78, 5) is 0.938. The van der Waals surface area contributed by atoms with E-state index < -0.39 is 0 Å². The number of fused-ring (bicyclic) bond motifs is 1. The van der Waals surface area contributed by atoms with Crippen LogP contribution in [0.25, 0.3) is 4.91 Å². The lowest BCUT2D eigenvalue weighted by Crippen LogP contribution is -2.10. The summed E-state index contributed by atoms with van der Waals surface area (Å²) in [6.07, 6.45) is 39.9. The standard InChI is InChI=1S/C41H40S.C2H6/c1-4-17-34(18-5-2)40-31-33(28-27-32(6-3)19-16-26-41(42)36-22-12-9-13-23-36)29-30-37(35-20-10-7-8-11-21-35)38-24-14-15-25-39(38)40;1-2/h4-20,22-31,37,40,42H,1,21H2,2-3H3;1-2H3/b18-5-,19-16+,28-27-,30-29?,32-6-,33-31?,34-17+,41-26-;. The fraction of sp³-hybridized carbons (Fsp3) is 0.163. The van der Waals surface area contributed by atoms with E-state index in [4.69, 9.17) is 0 Å². The zero-order valence-electron chi connectivity index (χ0n) is 26.6. The molecule has 2 aliphatic carbocycles. The molecule has 2 aromatic rings. The Balaban J connectivity index is 0.00000259. The van der Waals surface area contributed by atoms with Crippen molar-refractivity contribution in [3.63, 3.8) is 0 Å². The lowest BCUT2D eigenvalue weighted by molar-refractivity contribution is 0.888. The maximum Gasteiger partial charge on any atom is 0.0281 e. The number of hydrogen-bond acceptors (Lipinski definition) is 1. The Kier molecular flexibility index (Phi) is 14.8. The fourth-order valence-corrected chi connectivity index (χ4v) is 5.48. The maximum atomic E-state index is 4.68. The van der Waals surface area contributed by atoms with E-state index in [9.17, 15) is 0 Å². The predicted octanol–water partition coefficient (Wildman–Crippen LogP) is 12.5. The molecule has 2 aliphatic rings. The van der Waals surface area contributed by atoms with Crippen molar-refractivity contribution in [1.29, 1.82) is 0 Å². The maximum absolute atomic E-state index is 4.68. The van der Waals surface area contributed by atoms with E-state index in [2.05, 4.69) is 167 Å². The van der Waals surface area contributed by atoms with Crippen LogP contribution in [0.1, 0.15) is 62.6 Å². The molecule has 2 unspecified atom stereocenters. The Labute approximate surface area is 272 Å². The summed E-state index contributed by atoms with van der Waals surface area (Å²) in [7, 11) is 0. The molecule has 4 rings (SSSR count). The minimum absolute atomic E-state index is 0.0881. The third kappa shape index (κ3) is 9.86. The van der Waals surface area contributed by atoms with E-state index in [1.165, 1.54) is 27.8 Å². The van der Waals surface area contributed by atoms with Crippen LogP contribution in [0.4, 0.5) is 0 Å². The topological polar surface area (TPSA) is 0 Å². The normalized spacial score (nSPS) is 19.2. The molecule has 0 radical (unpaired) electrons. The number of rotatable bonds is 9. The van der Waals surface area contributed by atoms with Crippen LogP contribution < -0.4 is 0 Å². The smallest absolute Gasteiger partial charge is 0.0281 e. The quantitative estimate of drug-likeness (QED) is 0.217. The Morgan fingerprint density at radius 2 is 1.61 bits per heavy atom. The van der Waals surface area contributed by atoms with Gasteiger partial charge in [-0.1, -0.05) is 184 Å². The van der Waals surface area contributed by atoms with E-state index in [-0.39, 0.29) is 11.8 Å². The Morgan fingerprint density at radius 1 is 0.864 bits per heavy atom. The van der Waals surface area contributed by atoms with Crippen molar-refractivity contribution >= 4 is 17.5 Å². The van der Waals surface area contributed by atoms with Gasteiger partial charge >= 0.3 is 0 Å². The fourth-order valence-electron chi connectivity index (χ4n) is 5.25. The van der Waals surface area contributed by atoms with Crippen molar-refractivity contribution in [3.8, 4) is 0 Å². The second kappa shape index (κ2) is 19.1. The van der Waals surface area contributed by atoms with Crippen molar-refractivity contribution < 1.29 is 0 Å². The summed E-state index contributed by atoms with van der Waals surface area (Å²) in [5.41, 5.74) is 8.67. The molecule has 0 spiro atoms. The van der Waals surface area contributed by atoms with Crippen LogP contribution in [0, 0.1) is 0 Å². The first-order chi connectivity index (χ1) is 21.6. The molecule has 0 saturated heterocycles. The van der Waals surface area contributed by atoms with E-state index in [1.54, 1.807) is 0 Å². The Bertz CT molecular complexity index is 1570. The molecule has 0 saturated carbocycles. The van der Waals surface area contributed by atoms with E-state index in [0.717, 1.165) is 22.5 Å². The van der Waals surface area contributed by atoms with Crippen molar-refractivity contribution in [1.82, 2.24) is 0 Å². The van der Waals surface area contributed by atoms with Gasteiger partial charge in [0.15, 0.2) is 0 Å². The van der Waals surface area contributed by atoms with E-state index >= 15 is 0 Å². The van der Waals surface area contributed by atoms with Gasteiger partial charge in [-0.2, -0.15) is 0 Å². The van der Waals surface area contributed by atoms with Crippen molar-refractivity contribution in [2.24, 2.45) is 0 Å². The molecule has 2 atom stereocenters. The molecule has 0 aliphatic heterocycles. The van der Waals surface area contributed by atoms with Crippen molar-refractivity contribution in [3.05, 3.63) is 210 Å². The molecule has 224 valence electrons. The molecule has 0 fully saturated rings. The third-order valence-corrected chi connectivity index (χ3v) is 7.78. The largest absolute Gasteiger partial charge is 0.143 e. The number of allylic oxidation sites excluding steroid dienone is 22. The van der Waals surface area contributed by atoms with Crippen LogP contribution >= 0.6 is 12.6 Å². The first-order valence-electron chi connectivity index (χ1n) is 15.6. The second-order valence-electron chi connectivity index (χ2n) is 10.2. The molecule has 0 amide bonds. The van der Waals surface area contributed by atoms with E-state index in [1.807, 2.05) is 44.2 Å². The number of thiol groups is 1. The minimum atomic E-state index is 0.0881. The summed E-state index contributed by atoms with van der Waals surface area (Å²) in [6, 6.07) is 19.1. The highest BCUT2D eigenvalue weighted by molar-refractivity contribution is 7.90. The lowest BCUT2D eigenvalue weighted by Gasteiger charge is -2.27. The van der Waals surface area contributed by atoms with Gasteiger partial charge in [-0.05, 0) is 59.8 Å².